The molecule has 3 aromatic rings. The second-order valence-electron chi connectivity index (χ2n) is 10.1. The number of sulfonamides is 1. The van der Waals surface area contributed by atoms with Gasteiger partial charge in [0.1, 0.15) is 11.8 Å². The number of para-hydroxylation sites is 1. The Morgan fingerprint density at radius 2 is 1.67 bits per heavy atom. The average molecular weight is 609 g/mol. The average Bonchev–Trinajstić information content (AvgIpc) is 3.20. The summed E-state index contributed by atoms with van der Waals surface area (Å²) in [4.78, 5) is 30.0. The van der Waals surface area contributed by atoms with E-state index in [4.69, 9.17) is 22.1 Å². The van der Waals surface area contributed by atoms with E-state index in [0.29, 0.717) is 36.1 Å². The minimum absolute atomic E-state index is 0.0227. The fourth-order valence-electron chi connectivity index (χ4n) is 4.74. The summed E-state index contributed by atoms with van der Waals surface area (Å²) >= 11 is 5.73. The Morgan fingerprint density at radius 3 is 2.31 bits per heavy atom. The molecule has 1 fully saturated rings. The van der Waals surface area contributed by atoms with Crippen molar-refractivity contribution in [1.29, 1.82) is 0 Å². The van der Waals surface area contributed by atoms with Crippen LogP contribution >= 0.6 is 12.2 Å². The molecule has 0 spiro atoms. The molecular formula is C31H36N4O5S2. The van der Waals surface area contributed by atoms with Gasteiger partial charge in [-0.1, -0.05) is 56.5 Å². The van der Waals surface area contributed by atoms with Gasteiger partial charge in [0.2, 0.25) is 15.9 Å². The lowest BCUT2D eigenvalue weighted by Crippen LogP contribution is -2.39. The molecule has 0 aliphatic carbocycles. The SMILES string of the molecule is CCCCCCOc1ccc(NC(=O)C[C@H]2C(=O)N(c3ccccc3)C(=S)N2CCc2ccc(S(N)(=O)=O)cc2)cc1. The number of nitrogens with two attached hydrogens (primary N) is 1. The van der Waals surface area contributed by atoms with Crippen molar-refractivity contribution >= 4 is 50.5 Å². The molecule has 1 heterocycles. The monoisotopic (exact) mass is 608 g/mol. The topological polar surface area (TPSA) is 122 Å². The van der Waals surface area contributed by atoms with E-state index in [1.807, 2.05) is 30.3 Å². The highest BCUT2D eigenvalue weighted by molar-refractivity contribution is 7.89. The number of anilines is 2. The molecule has 2 amide bonds. The van der Waals surface area contributed by atoms with E-state index in [1.54, 1.807) is 41.3 Å². The normalized spacial score (nSPS) is 15.2. The van der Waals surface area contributed by atoms with Crippen molar-refractivity contribution in [2.24, 2.45) is 5.14 Å². The first-order valence-corrected chi connectivity index (χ1v) is 16.0. The number of hydrogen-bond donors (Lipinski definition) is 2. The number of benzene rings is 3. The van der Waals surface area contributed by atoms with E-state index in [2.05, 4.69) is 12.2 Å². The third-order valence-corrected chi connectivity index (χ3v) is 8.36. The largest absolute Gasteiger partial charge is 0.494 e. The highest BCUT2D eigenvalue weighted by Gasteiger charge is 2.43. The van der Waals surface area contributed by atoms with E-state index in [-0.39, 0.29) is 23.1 Å². The van der Waals surface area contributed by atoms with Crippen LogP contribution in [0.3, 0.4) is 0 Å². The predicted molar refractivity (Wildman–Crippen MR) is 168 cm³/mol. The van der Waals surface area contributed by atoms with Crippen LogP contribution in [0.4, 0.5) is 11.4 Å². The summed E-state index contributed by atoms with van der Waals surface area (Å²) in [6, 6.07) is 21.7. The fourth-order valence-corrected chi connectivity index (χ4v) is 5.67. The Balaban J connectivity index is 1.43. The highest BCUT2D eigenvalue weighted by atomic mass is 32.2. The molecule has 3 aromatic carbocycles. The molecule has 4 rings (SSSR count). The summed E-state index contributed by atoms with van der Waals surface area (Å²) < 4.78 is 29.0. The lowest BCUT2D eigenvalue weighted by Gasteiger charge is -2.24. The van der Waals surface area contributed by atoms with Gasteiger partial charge in [-0.05, 0) is 79.2 Å². The second-order valence-corrected chi connectivity index (χ2v) is 12.1. The van der Waals surface area contributed by atoms with E-state index in [0.717, 1.165) is 24.2 Å². The van der Waals surface area contributed by atoms with Crippen molar-refractivity contribution < 1.29 is 22.7 Å². The first-order valence-electron chi connectivity index (χ1n) is 14.0. The molecule has 1 saturated heterocycles. The molecular weight excluding hydrogens is 572 g/mol. The third-order valence-electron chi connectivity index (χ3n) is 7.01. The van der Waals surface area contributed by atoms with Crippen LogP contribution in [0, 0.1) is 0 Å². The number of ether oxygens (including phenoxy) is 1. The molecule has 42 heavy (non-hydrogen) atoms. The molecule has 1 aliphatic heterocycles. The molecule has 0 saturated carbocycles. The van der Waals surface area contributed by atoms with Crippen molar-refractivity contribution in [3.8, 4) is 5.75 Å². The molecule has 222 valence electrons. The molecule has 0 unspecified atom stereocenters. The summed E-state index contributed by atoms with van der Waals surface area (Å²) in [5, 5.41) is 8.40. The first-order chi connectivity index (χ1) is 20.2. The van der Waals surface area contributed by atoms with E-state index in [9.17, 15) is 18.0 Å². The Bertz CT molecular complexity index is 1480. The molecule has 0 radical (unpaired) electrons. The van der Waals surface area contributed by atoms with E-state index >= 15 is 0 Å². The maximum absolute atomic E-state index is 13.6. The Kier molecular flexibility index (Phi) is 10.7. The second kappa shape index (κ2) is 14.4. The quantitative estimate of drug-likeness (QED) is 0.198. The maximum atomic E-state index is 13.6. The summed E-state index contributed by atoms with van der Waals surface area (Å²) in [5.41, 5.74) is 2.07. The van der Waals surface area contributed by atoms with Gasteiger partial charge in [0, 0.05) is 12.2 Å². The lowest BCUT2D eigenvalue weighted by atomic mass is 10.1. The zero-order valence-corrected chi connectivity index (χ0v) is 25.2. The Labute approximate surface area is 252 Å². The van der Waals surface area contributed by atoms with Gasteiger partial charge in [0.05, 0.1) is 23.6 Å². The third kappa shape index (κ3) is 8.15. The minimum Gasteiger partial charge on any atom is -0.494 e. The Morgan fingerprint density at radius 1 is 0.976 bits per heavy atom. The van der Waals surface area contributed by atoms with Gasteiger partial charge in [-0.25, -0.2) is 13.6 Å². The molecule has 9 nitrogen and oxygen atoms in total. The molecule has 0 bridgehead atoms. The van der Waals surface area contributed by atoms with Crippen molar-refractivity contribution in [2.75, 3.05) is 23.4 Å². The molecule has 1 aliphatic rings. The number of nitrogens with zero attached hydrogens (tertiary/aromatic N) is 2. The smallest absolute Gasteiger partial charge is 0.256 e. The van der Waals surface area contributed by atoms with Crippen molar-refractivity contribution in [1.82, 2.24) is 4.90 Å². The number of carbonyl (C=O) groups excluding carboxylic acids is 2. The van der Waals surface area contributed by atoms with Crippen LogP contribution in [0.15, 0.2) is 83.8 Å². The summed E-state index contributed by atoms with van der Waals surface area (Å²) in [7, 11) is -3.80. The molecule has 0 aromatic heterocycles. The number of nitrogens with one attached hydrogen (secondary N) is 1. The molecule has 3 N–H and O–H groups in total. The van der Waals surface area contributed by atoms with E-state index in [1.165, 1.54) is 29.9 Å². The van der Waals surface area contributed by atoms with Gasteiger partial charge >= 0.3 is 0 Å². The molecule has 1 atom stereocenters. The van der Waals surface area contributed by atoms with Gasteiger partial charge in [0.25, 0.3) is 5.91 Å². The van der Waals surface area contributed by atoms with Crippen LogP contribution < -0.4 is 20.1 Å². The zero-order valence-electron chi connectivity index (χ0n) is 23.6. The summed E-state index contributed by atoms with van der Waals surface area (Å²) in [6.45, 7) is 3.17. The standard InChI is InChI=1S/C31H36N4O5S2/c1-2-3-4-8-21-40-26-15-13-24(14-16-26)33-29(36)22-28-30(37)35(25-9-6-5-7-10-25)31(41)34(28)20-19-23-11-17-27(18-12-23)42(32,38)39/h5-7,9-18,28H,2-4,8,19-22H2,1H3,(H,33,36)(H2,32,38,39)/t28-/m0/s1. The van der Waals surface area contributed by atoms with Gasteiger partial charge in [0.15, 0.2) is 5.11 Å². The van der Waals surface area contributed by atoms with Crippen LogP contribution in [0.5, 0.6) is 5.75 Å². The van der Waals surface area contributed by atoms with Crippen LogP contribution in [0.25, 0.3) is 0 Å². The van der Waals surface area contributed by atoms with Crippen molar-refractivity contribution in [2.45, 2.75) is 56.4 Å². The first kappa shape index (κ1) is 31.1. The number of hydrogen-bond acceptors (Lipinski definition) is 6. The number of unbranched alkanes of at least 4 members (excludes halogenated alkanes) is 3. The predicted octanol–water partition coefficient (Wildman–Crippen LogP) is 4.87. The number of rotatable bonds is 14. The number of primary sulfonamides is 1. The van der Waals surface area contributed by atoms with Gasteiger partial charge in [-0.3, -0.25) is 14.5 Å². The highest BCUT2D eigenvalue weighted by Crippen LogP contribution is 2.28. The lowest BCUT2D eigenvalue weighted by molar-refractivity contribution is -0.124. The van der Waals surface area contributed by atoms with Crippen LogP contribution in [0.1, 0.15) is 44.6 Å². The summed E-state index contributed by atoms with van der Waals surface area (Å²) in [5.74, 6) is 0.141. The van der Waals surface area contributed by atoms with Gasteiger partial charge in [-0.15, -0.1) is 0 Å². The number of amides is 2. The Hall–Kier alpha value is -3.80. The summed E-state index contributed by atoms with van der Waals surface area (Å²) in [6.07, 6.45) is 4.88. The van der Waals surface area contributed by atoms with Crippen LogP contribution in [-0.4, -0.2) is 49.4 Å². The fraction of sp³-hybridized carbons (Fsp3) is 0.323. The zero-order chi connectivity index (χ0) is 30.1. The molecule has 11 heteroatoms. The van der Waals surface area contributed by atoms with Crippen molar-refractivity contribution in [3.05, 3.63) is 84.4 Å². The maximum Gasteiger partial charge on any atom is 0.256 e. The number of thiocarbonyl (C=S) groups is 1. The van der Waals surface area contributed by atoms with Crippen molar-refractivity contribution in [3.63, 3.8) is 0 Å². The van der Waals surface area contributed by atoms with Crippen LogP contribution in [0.2, 0.25) is 0 Å². The van der Waals surface area contributed by atoms with Gasteiger partial charge in [-0.2, -0.15) is 0 Å². The van der Waals surface area contributed by atoms with Crippen LogP contribution in [-0.2, 0) is 26.0 Å². The number of carbonyl (C=O) groups is 2. The van der Waals surface area contributed by atoms with Gasteiger partial charge < -0.3 is 15.0 Å². The minimum atomic E-state index is -3.80. The van der Waals surface area contributed by atoms with E-state index < -0.39 is 16.1 Å².